The lowest BCUT2D eigenvalue weighted by Crippen LogP contribution is -2.40. The first-order valence-corrected chi connectivity index (χ1v) is 7.23. The Morgan fingerprint density at radius 2 is 2.10 bits per heavy atom. The summed E-state index contributed by atoms with van der Waals surface area (Å²) in [6.45, 7) is 0.502. The van der Waals surface area contributed by atoms with E-state index in [1.165, 1.54) is 0 Å². The summed E-state index contributed by atoms with van der Waals surface area (Å²) in [6.07, 6.45) is 7.14. The van der Waals surface area contributed by atoms with Gasteiger partial charge in [-0.1, -0.05) is 12.2 Å². The molecule has 2 unspecified atom stereocenters. The van der Waals surface area contributed by atoms with Gasteiger partial charge in [0.15, 0.2) is 0 Å². The maximum atomic E-state index is 12.3. The molecule has 1 saturated carbocycles. The molecular weight excluding hydrogens is 270 g/mol. The van der Waals surface area contributed by atoms with Crippen LogP contribution in [0, 0.1) is 23.7 Å². The topological polar surface area (TPSA) is 84.2 Å². The first-order valence-electron chi connectivity index (χ1n) is 7.23. The summed E-state index contributed by atoms with van der Waals surface area (Å²) >= 11 is 0. The van der Waals surface area contributed by atoms with Crippen molar-refractivity contribution in [2.24, 2.45) is 30.7 Å². The van der Waals surface area contributed by atoms with Crippen LogP contribution in [0.4, 0.5) is 0 Å². The Kier molecular flexibility index (Phi) is 3.53. The molecule has 112 valence electrons. The van der Waals surface area contributed by atoms with Gasteiger partial charge in [-0.15, -0.1) is 0 Å². The second kappa shape index (κ2) is 5.35. The van der Waals surface area contributed by atoms with E-state index >= 15 is 0 Å². The zero-order chi connectivity index (χ0) is 15.0. The van der Waals surface area contributed by atoms with Crippen LogP contribution in [0.25, 0.3) is 0 Å². The van der Waals surface area contributed by atoms with Crippen LogP contribution in [0.2, 0.25) is 0 Å². The summed E-state index contributed by atoms with van der Waals surface area (Å²) < 4.78 is 1.77. The van der Waals surface area contributed by atoms with Gasteiger partial charge in [0.25, 0.3) is 0 Å². The average molecular weight is 289 g/mol. The smallest absolute Gasteiger partial charge is 0.307 e. The summed E-state index contributed by atoms with van der Waals surface area (Å²) in [5.74, 6) is -1.91. The summed E-state index contributed by atoms with van der Waals surface area (Å²) in [6, 6.07) is 1.91. The standard InChI is InChI=1S/C15H19N3O3/c1-18-11(5-7-17-18)4-6-16-14(19)12-9-2-3-10(8-9)13(12)15(20)21/h2-3,5,7,9-10,12-13H,4,6,8H2,1H3,(H,16,19)(H,20,21)/t9?,10?,12-,13+/m0/s1. The summed E-state index contributed by atoms with van der Waals surface area (Å²) in [5.41, 5.74) is 1.04. The van der Waals surface area contributed by atoms with Gasteiger partial charge in [-0.25, -0.2) is 0 Å². The Morgan fingerprint density at radius 3 is 2.71 bits per heavy atom. The minimum Gasteiger partial charge on any atom is -0.481 e. The third-order valence-corrected chi connectivity index (χ3v) is 4.65. The van der Waals surface area contributed by atoms with Crippen molar-refractivity contribution in [3.05, 3.63) is 30.1 Å². The van der Waals surface area contributed by atoms with E-state index < -0.39 is 17.8 Å². The molecule has 2 bridgehead atoms. The first-order chi connectivity index (χ1) is 10.1. The van der Waals surface area contributed by atoms with E-state index in [1.807, 2.05) is 25.3 Å². The van der Waals surface area contributed by atoms with Gasteiger partial charge < -0.3 is 10.4 Å². The Hall–Kier alpha value is -2.11. The van der Waals surface area contributed by atoms with Crippen LogP contribution in [0.15, 0.2) is 24.4 Å². The summed E-state index contributed by atoms with van der Waals surface area (Å²) in [7, 11) is 1.86. The highest BCUT2D eigenvalue weighted by Crippen LogP contribution is 2.48. The Balaban J connectivity index is 1.59. The van der Waals surface area contributed by atoms with Gasteiger partial charge in [0, 0.05) is 31.9 Å². The van der Waals surface area contributed by atoms with Gasteiger partial charge >= 0.3 is 5.97 Å². The largest absolute Gasteiger partial charge is 0.481 e. The second-order valence-electron chi connectivity index (χ2n) is 5.83. The lowest BCUT2D eigenvalue weighted by atomic mass is 9.82. The number of nitrogens with zero attached hydrogens (tertiary/aromatic N) is 2. The Morgan fingerprint density at radius 1 is 1.38 bits per heavy atom. The average Bonchev–Trinajstić information content (AvgIpc) is 3.14. The summed E-state index contributed by atoms with van der Waals surface area (Å²) in [5, 5.41) is 16.3. The lowest BCUT2D eigenvalue weighted by molar-refractivity contribution is -0.147. The zero-order valence-electron chi connectivity index (χ0n) is 11.9. The van der Waals surface area contributed by atoms with Crippen molar-refractivity contribution < 1.29 is 14.7 Å². The molecule has 2 aliphatic carbocycles. The molecule has 0 saturated heterocycles. The number of hydrogen-bond acceptors (Lipinski definition) is 3. The quantitative estimate of drug-likeness (QED) is 0.778. The van der Waals surface area contributed by atoms with Crippen LogP contribution < -0.4 is 5.32 Å². The SMILES string of the molecule is Cn1nccc1CCNC(=O)[C@H]1C2C=CC(C2)[C@H]1C(=O)O. The van der Waals surface area contributed by atoms with Gasteiger partial charge in [-0.3, -0.25) is 14.3 Å². The lowest BCUT2D eigenvalue weighted by Gasteiger charge is -2.23. The molecule has 0 spiro atoms. The zero-order valence-corrected chi connectivity index (χ0v) is 11.9. The van der Waals surface area contributed by atoms with E-state index in [0.29, 0.717) is 13.0 Å². The fourth-order valence-corrected chi connectivity index (χ4v) is 3.59. The van der Waals surface area contributed by atoms with Crippen molar-refractivity contribution in [1.82, 2.24) is 15.1 Å². The van der Waals surface area contributed by atoms with Gasteiger partial charge in [0.1, 0.15) is 0 Å². The van der Waals surface area contributed by atoms with Crippen LogP contribution in [-0.4, -0.2) is 33.3 Å². The number of carboxylic acids is 1. The highest BCUT2D eigenvalue weighted by molar-refractivity contribution is 5.86. The van der Waals surface area contributed by atoms with Crippen LogP contribution >= 0.6 is 0 Å². The second-order valence-corrected chi connectivity index (χ2v) is 5.83. The predicted octanol–water partition coefficient (Wildman–Crippen LogP) is 0.602. The number of aryl methyl sites for hydroxylation is 1. The van der Waals surface area contributed by atoms with Gasteiger partial charge in [-0.2, -0.15) is 5.10 Å². The van der Waals surface area contributed by atoms with Crippen molar-refractivity contribution in [3.8, 4) is 0 Å². The number of carbonyl (C=O) groups excluding carboxylic acids is 1. The summed E-state index contributed by atoms with van der Waals surface area (Å²) in [4.78, 5) is 23.7. The van der Waals surface area contributed by atoms with Gasteiger partial charge in [-0.05, 0) is 24.3 Å². The van der Waals surface area contributed by atoms with Gasteiger partial charge in [0.2, 0.25) is 5.91 Å². The minimum atomic E-state index is -0.862. The highest BCUT2D eigenvalue weighted by atomic mass is 16.4. The van der Waals surface area contributed by atoms with E-state index in [0.717, 1.165) is 12.1 Å². The van der Waals surface area contributed by atoms with Crippen molar-refractivity contribution in [2.75, 3.05) is 6.54 Å². The van der Waals surface area contributed by atoms with Crippen LogP contribution in [0.3, 0.4) is 0 Å². The number of nitrogens with one attached hydrogen (secondary N) is 1. The Labute approximate surface area is 122 Å². The molecule has 6 heteroatoms. The van der Waals surface area contributed by atoms with Crippen LogP contribution in [0.5, 0.6) is 0 Å². The molecule has 0 aromatic carbocycles. The molecule has 6 nitrogen and oxygen atoms in total. The fraction of sp³-hybridized carbons (Fsp3) is 0.533. The number of aromatic nitrogens is 2. The van der Waals surface area contributed by atoms with Crippen LogP contribution in [0.1, 0.15) is 12.1 Å². The monoisotopic (exact) mass is 289 g/mol. The normalized spacial score (nSPS) is 29.8. The van der Waals surface area contributed by atoms with Crippen molar-refractivity contribution in [2.45, 2.75) is 12.8 Å². The Bertz CT molecular complexity index is 593. The maximum Gasteiger partial charge on any atom is 0.307 e. The number of allylic oxidation sites excluding steroid dienone is 2. The number of aliphatic carboxylic acids is 1. The first kappa shape index (κ1) is 13.9. The molecular formula is C15H19N3O3. The molecule has 1 aromatic rings. The third kappa shape index (κ3) is 2.46. The number of hydrogen-bond donors (Lipinski definition) is 2. The molecule has 2 N–H and O–H groups in total. The van der Waals surface area contributed by atoms with Crippen molar-refractivity contribution >= 4 is 11.9 Å². The number of amides is 1. The minimum absolute atomic E-state index is 0.0142. The number of carbonyl (C=O) groups is 2. The fourth-order valence-electron chi connectivity index (χ4n) is 3.59. The molecule has 1 amide bonds. The number of carboxylic acid groups (broad SMARTS) is 1. The predicted molar refractivity (Wildman–Crippen MR) is 75.3 cm³/mol. The number of rotatable bonds is 5. The van der Waals surface area contributed by atoms with Crippen molar-refractivity contribution in [3.63, 3.8) is 0 Å². The molecule has 0 radical (unpaired) electrons. The molecule has 1 fully saturated rings. The molecule has 21 heavy (non-hydrogen) atoms. The molecule has 1 aromatic heterocycles. The van der Waals surface area contributed by atoms with E-state index in [4.69, 9.17) is 0 Å². The third-order valence-electron chi connectivity index (χ3n) is 4.65. The van der Waals surface area contributed by atoms with E-state index in [2.05, 4.69) is 10.4 Å². The van der Waals surface area contributed by atoms with E-state index in [1.54, 1.807) is 10.9 Å². The highest BCUT2D eigenvalue weighted by Gasteiger charge is 2.51. The van der Waals surface area contributed by atoms with E-state index in [9.17, 15) is 14.7 Å². The van der Waals surface area contributed by atoms with Gasteiger partial charge in [0.05, 0.1) is 11.8 Å². The number of fused-ring (bicyclic) bond motifs is 2. The maximum absolute atomic E-state index is 12.3. The molecule has 0 aliphatic heterocycles. The van der Waals surface area contributed by atoms with E-state index in [-0.39, 0.29) is 17.7 Å². The molecule has 1 heterocycles. The van der Waals surface area contributed by atoms with Crippen molar-refractivity contribution in [1.29, 1.82) is 0 Å². The molecule has 3 rings (SSSR count). The molecule has 2 aliphatic rings. The molecule has 4 atom stereocenters. The van der Waals surface area contributed by atoms with Crippen LogP contribution in [-0.2, 0) is 23.1 Å².